The maximum absolute atomic E-state index is 14.0. The Morgan fingerprint density at radius 1 is 0.944 bits per heavy atom. The number of para-hydroxylation sites is 4. The molecule has 0 saturated heterocycles. The van der Waals surface area contributed by atoms with Crippen molar-refractivity contribution in [2.75, 3.05) is 36.3 Å². The van der Waals surface area contributed by atoms with Gasteiger partial charge in [-0.05, 0) is 30.3 Å². The summed E-state index contributed by atoms with van der Waals surface area (Å²) in [6, 6.07) is 15.4. The quantitative estimate of drug-likeness (QED) is 0.153. The smallest absolute Gasteiger partial charge is 0.324 e. The number of carbonyl (C=O) groups excluding carboxylic acids is 1. The zero-order valence-electron chi connectivity index (χ0n) is 19.5. The number of hydrogen-bond donors (Lipinski definition) is 5. The predicted octanol–water partition coefficient (Wildman–Crippen LogP) is 3.94. The molecule has 2 heterocycles. The lowest BCUT2D eigenvalue weighted by Crippen LogP contribution is -2.51. The number of ketones is 1. The zero-order valence-corrected chi connectivity index (χ0v) is 19.5. The van der Waals surface area contributed by atoms with E-state index in [1.54, 1.807) is 54.6 Å². The third-order valence-corrected chi connectivity index (χ3v) is 5.87. The summed E-state index contributed by atoms with van der Waals surface area (Å²) in [5.41, 5.74) is 14.0. The van der Waals surface area contributed by atoms with E-state index in [0.717, 1.165) is 0 Å². The molecular weight excluding hydrogens is 464 g/mol. The molecule has 0 fully saturated rings. The molecule has 0 aliphatic carbocycles. The van der Waals surface area contributed by atoms with Gasteiger partial charge in [0.15, 0.2) is 11.3 Å². The Bertz CT molecular complexity index is 1510. The van der Waals surface area contributed by atoms with Gasteiger partial charge in [0, 0.05) is 6.20 Å². The van der Waals surface area contributed by atoms with Crippen LogP contribution in [0.3, 0.4) is 0 Å². The van der Waals surface area contributed by atoms with Crippen LogP contribution in [-0.4, -0.2) is 31.0 Å². The van der Waals surface area contributed by atoms with Crippen LogP contribution in [0.25, 0.3) is 11.0 Å². The maximum Gasteiger partial charge on any atom is 0.324 e. The molecule has 0 radical (unpaired) electrons. The van der Waals surface area contributed by atoms with Crippen LogP contribution in [-0.2, 0) is 0 Å². The second kappa shape index (κ2) is 8.75. The second-order valence-corrected chi connectivity index (χ2v) is 8.01. The number of benzene rings is 3. The summed E-state index contributed by atoms with van der Waals surface area (Å²) < 4.78 is 22.8. The van der Waals surface area contributed by atoms with Gasteiger partial charge >= 0.3 is 5.91 Å². The molecule has 10 nitrogen and oxygen atoms in total. The lowest BCUT2D eigenvalue weighted by Gasteiger charge is -2.37. The molecule has 3 aromatic carbocycles. The molecule has 10 heteroatoms. The highest BCUT2D eigenvalue weighted by Crippen LogP contribution is 2.51. The Morgan fingerprint density at radius 3 is 2.22 bits per heavy atom. The van der Waals surface area contributed by atoms with Gasteiger partial charge in [-0.2, -0.15) is 0 Å². The van der Waals surface area contributed by atoms with Crippen molar-refractivity contribution in [1.29, 1.82) is 0 Å². The van der Waals surface area contributed by atoms with Gasteiger partial charge in [-0.1, -0.05) is 24.3 Å². The molecule has 1 unspecified atom stereocenters. The van der Waals surface area contributed by atoms with Gasteiger partial charge in [0.2, 0.25) is 11.5 Å². The number of hydrogen-bond acceptors (Lipinski definition) is 10. The van der Waals surface area contributed by atoms with Crippen LogP contribution in [0.5, 0.6) is 17.2 Å². The molecule has 4 aromatic rings. The van der Waals surface area contributed by atoms with E-state index in [1.165, 1.54) is 26.7 Å². The van der Waals surface area contributed by atoms with E-state index in [-0.39, 0.29) is 28.4 Å². The molecule has 36 heavy (non-hydrogen) atoms. The Morgan fingerprint density at radius 2 is 1.58 bits per heavy atom. The zero-order chi connectivity index (χ0) is 25.4. The summed E-state index contributed by atoms with van der Waals surface area (Å²) in [5, 5.41) is 18.2. The van der Waals surface area contributed by atoms with Crippen LogP contribution < -0.4 is 36.3 Å². The fourth-order valence-electron chi connectivity index (χ4n) is 4.14. The summed E-state index contributed by atoms with van der Waals surface area (Å²) in [6.45, 7) is 0. The number of nitrogens with one attached hydrogen (secondary N) is 2. The van der Waals surface area contributed by atoms with Crippen molar-refractivity contribution in [2.45, 2.75) is 5.91 Å². The van der Waals surface area contributed by atoms with E-state index in [1.807, 2.05) is 0 Å². The largest absolute Gasteiger partial charge is 0.495 e. The Hall–Kier alpha value is -4.83. The maximum atomic E-state index is 14.0. The molecule has 1 aliphatic heterocycles. The number of nitrogen functional groups attached to an aromatic ring is 2. The third-order valence-electron chi connectivity index (χ3n) is 5.87. The fourth-order valence-corrected chi connectivity index (χ4v) is 4.14. The second-order valence-electron chi connectivity index (χ2n) is 8.01. The monoisotopic (exact) mass is 488 g/mol. The van der Waals surface area contributed by atoms with Crippen LogP contribution in [0.15, 0.2) is 77.1 Å². The van der Waals surface area contributed by atoms with E-state index < -0.39 is 11.7 Å². The predicted molar refractivity (Wildman–Crippen MR) is 136 cm³/mol. The molecule has 5 rings (SSSR count). The van der Waals surface area contributed by atoms with Crippen LogP contribution in [0, 0.1) is 0 Å². The molecule has 0 spiro atoms. The first kappa shape index (κ1) is 22.9. The molecule has 0 saturated carbocycles. The van der Waals surface area contributed by atoms with E-state index in [2.05, 4.69) is 10.6 Å². The molecule has 1 aliphatic rings. The number of Topliss-reactive ketones (excluding diaryl/α,β-unsaturated/α-hetero) is 1. The first-order valence-electron chi connectivity index (χ1n) is 10.9. The minimum Gasteiger partial charge on any atom is -0.495 e. The summed E-state index contributed by atoms with van der Waals surface area (Å²) in [4.78, 5) is 14.0. The fraction of sp³-hybridized carbons (Fsp3) is 0.115. The van der Waals surface area contributed by atoms with Gasteiger partial charge in [-0.15, -0.1) is 0 Å². The Labute approximate surface area is 206 Å². The van der Waals surface area contributed by atoms with Crippen molar-refractivity contribution in [3.63, 3.8) is 0 Å². The summed E-state index contributed by atoms with van der Waals surface area (Å²) in [7, 11) is 2.84. The number of fused-ring (bicyclic) bond motifs is 2. The first-order valence-corrected chi connectivity index (χ1v) is 10.9. The van der Waals surface area contributed by atoms with Crippen molar-refractivity contribution >= 4 is 39.5 Å². The highest BCUT2D eigenvalue weighted by molar-refractivity contribution is 6.18. The summed E-state index contributed by atoms with van der Waals surface area (Å²) in [5.74, 6) is -2.66. The highest BCUT2D eigenvalue weighted by atomic mass is 16.7. The van der Waals surface area contributed by atoms with Crippen molar-refractivity contribution in [3.8, 4) is 17.2 Å². The van der Waals surface area contributed by atoms with Crippen LogP contribution in [0.1, 0.15) is 10.4 Å². The van der Waals surface area contributed by atoms with Gasteiger partial charge in [0.1, 0.15) is 16.9 Å². The number of nitrogens with two attached hydrogens (primary N) is 2. The lowest BCUT2D eigenvalue weighted by molar-refractivity contribution is -0.0823. The Kier molecular flexibility index (Phi) is 5.57. The van der Waals surface area contributed by atoms with Gasteiger partial charge in [-0.3, -0.25) is 4.79 Å². The van der Waals surface area contributed by atoms with E-state index in [4.69, 9.17) is 30.1 Å². The van der Waals surface area contributed by atoms with E-state index >= 15 is 0 Å². The van der Waals surface area contributed by atoms with Crippen LogP contribution in [0.2, 0.25) is 0 Å². The third kappa shape index (κ3) is 3.60. The van der Waals surface area contributed by atoms with Crippen LogP contribution in [0.4, 0.5) is 22.7 Å². The van der Waals surface area contributed by atoms with Crippen molar-refractivity contribution < 1.29 is 28.5 Å². The normalized spacial score (nSPS) is 18.0. The highest BCUT2D eigenvalue weighted by Gasteiger charge is 2.49. The molecule has 184 valence electrons. The number of carbonyl (C=O) groups is 1. The van der Waals surface area contributed by atoms with Crippen molar-refractivity contribution in [3.05, 3.63) is 78.2 Å². The standard InChI is InChI=1S/C26H24N4O6/c1-33-22-14-11-12-35-23(14)25(34-2)24-20(22)21(31)15(13-29-18-9-5-3-7-16(18)27)26(32,36-24)30-19-10-6-4-8-17(19)28/h3-13,29-30,32H,27-28H2,1-2H3/b15-13-. The van der Waals surface area contributed by atoms with Crippen LogP contribution >= 0.6 is 0 Å². The number of furan rings is 1. The molecule has 7 N–H and O–H groups in total. The number of anilines is 4. The van der Waals surface area contributed by atoms with Gasteiger partial charge < -0.3 is 45.8 Å². The molecule has 1 atom stereocenters. The Balaban J connectivity index is 1.72. The average Bonchev–Trinajstić information content (AvgIpc) is 3.34. The van der Waals surface area contributed by atoms with E-state index in [9.17, 15) is 9.90 Å². The molecule has 0 bridgehead atoms. The number of methoxy groups -OCH3 is 2. The van der Waals surface area contributed by atoms with Crippen molar-refractivity contribution in [2.24, 2.45) is 0 Å². The molecule has 0 amide bonds. The first-order chi connectivity index (χ1) is 17.4. The average molecular weight is 489 g/mol. The van der Waals surface area contributed by atoms with E-state index in [0.29, 0.717) is 33.7 Å². The van der Waals surface area contributed by atoms with Gasteiger partial charge in [-0.25, -0.2) is 0 Å². The topological polar surface area (TPSA) is 154 Å². The lowest BCUT2D eigenvalue weighted by atomic mass is 9.93. The molecule has 1 aromatic heterocycles. The minimum atomic E-state index is -2.37. The number of rotatable bonds is 6. The number of aliphatic hydroxyl groups is 1. The van der Waals surface area contributed by atoms with Crippen molar-refractivity contribution in [1.82, 2.24) is 0 Å². The summed E-state index contributed by atoms with van der Waals surface area (Å²) in [6.07, 6.45) is 2.77. The molecular formula is C26H24N4O6. The number of ether oxygens (including phenoxy) is 3. The SMILES string of the molecule is COc1c2c(c(OC)c3occc13)OC(O)(Nc1ccccc1N)/C(=C\Nc1ccccc1N)C2=O. The van der Waals surface area contributed by atoms with Gasteiger partial charge in [0.25, 0.3) is 0 Å². The minimum absolute atomic E-state index is 0.0531. The summed E-state index contributed by atoms with van der Waals surface area (Å²) >= 11 is 0. The van der Waals surface area contributed by atoms with Gasteiger partial charge in [0.05, 0.1) is 48.6 Å².